The van der Waals surface area contributed by atoms with Crippen molar-refractivity contribution in [3.63, 3.8) is 0 Å². The number of hydrogen-bond donors (Lipinski definition) is 3. The summed E-state index contributed by atoms with van der Waals surface area (Å²) in [6.07, 6.45) is 0.364. The van der Waals surface area contributed by atoms with Crippen molar-refractivity contribution in [1.29, 1.82) is 0 Å². The zero-order valence-electron chi connectivity index (χ0n) is 11.9. The fourth-order valence-electron chi connectivity index (χ4n) is 2.74. The molecule has 2 rings (SSSR count). The number of nitrogen functional groups attached to an aromatic ring is 1. The Labute approximate surface area is 119 Å². The lowest BCUT2D eigenvalue weighted by atomic mass is 10.1. The second-order valence-corrected chi connectivity index (χ2v) is 5.59. The first-order valence-corrected chi connectivity index (χ1v) is 6.67. The van der Waals surface area contributed by atoms with Crippen LogP contribution in [0.4, 0.5) is 11.4 Å². The Morgan fingerprint density at radius 3 is 2.80 bits per heavy atom. The molecule has 1 aromatic rings. The molecule has 1 aromatic carbocycles. The number of nitrogens with two attached hydrogens (primary N) is 2. The number of likely N-dealkylation sites (N-methyl/N-ethyl adjacent to an activating group) is 1. The number of carbonyl (C=O) groups excluding carboxylic acids is 1. The van der Waals surface area contributed by atoms with Crippen molar-refractivity contribution in [2.24, 2.45) is 5.73 Å². The third-order valence-corrected chi connectivity index (χ3v) is 3.60. The molecule has 1 fully saturated rings. The molecule has 0 radical (unpaired) electrons. The Bertz CT molecular complexity index is 504. The van der Waals surface area contributed by atoms with Crippen molar-refractivity contribution in [3.8, 4) is 0 Å². The van der Waals surface area contributed by atoms with Gasteiger partial charge in [-0.15, -0.1) is 0 Å². The van der Waals surface area contributed by atoms with Gasteiger partial charge >= 0.3 is 0 Å². The van der Waals surface area contributed by atoms with Crippen LogP contribution >= 0.6 is 0 Å². The Balaban J connectivity index is 2.29. The van der Waals surface area contributed by atoms with E-state index in [0.29, 0.717) is 24.2 Å². The summed E-state index contributed by atoms with van der Waals surface area (Å²) in [5, 5.41) is 9.90. The van der Waals surface area contributed by atoms with Crippen molar-refractivity contribution < 1.29 is 9.90 Å². The van der Waals surface area contributed by atoms with Gasteiger partial charge in [0.15, 0.2) is 0 Å². The molecule has 5 N–H and O–H groups in total. The van der Waals surface area contributed by atoms with Crippen LogP contribution in [0.3, 0.4) is 0 Å². The van der Waals surface area contributed by atoms with Gasteiger partial charge in [-0.2, -0.15) is 0 Å². The molecular formula is C14H22N4O2. The first-order chi connectivity index (χ1) is 9.38. The molecule has 1 heterocycles. The van der Waals surface area contributed by atoms with Gasteiger partial charge < -0.3 is 26.4 Å². The molecule has 1 saturated heterocycles. The third kappa shape index (κ3) is 3.02. The molecule has 1 amide bonds. The van der Waals surface area contributed by atoms with Gasteiger partial charge in [-0.25, -0.2) is 0 Å². The van der Waals surface area contributed by atoms with E-state index in [1.165, 1.54) is 0 Å². The Morgan fingerprint density at radius 2 is 2.20 bits per heavy atom. The molecule has 6 heteroatoms. The second-order valence-electron chi connectivity index (χ2n) is 5.59. The predicted octanol–water partition coefficient (Wildman–Crippen LogP) is -0.131. The predicted molar refractivity (Wildman–Crippen MR) is 79.7 cm³/mol. The summed E-state index contributed by atoms with van der Waals surface area (Å²) >= 11 is 0. The quantitative estimate of drug-likeness (QED) is 0.667. The van der Waals surface area contributed by atoms with Gasteiger partial charge in [0.05, 0.1) is 11.7 Å². The van der Waals surface area contributed by atoms with Gasteiger partial charge in [0.1, 0.15) is 0 Å². The van der Waals surface area contributed by atoms with Crippen molar-refractivity contribution in [2.45, 2.75) is 18.6 Å². The Hall–Kier alpha value is -1.79. The van der Waals surface area contributed by atoms with E-state index in [9.17, 15) is 9.90 Å². The summed E-state index contributed by atoms with van der Waals surface area (Å²) in [5.41, 5.74) is 12.7. The van der Waals surface area contributed by atoms with E-state index in [-0.39, 0.29) is 12.1 Å². The lowest BCUT2D eigenvalue weighted by Crippen LogP contribution is -2.37. The second kappa shape index (κ2) is 5.68. The molecule has 0 aromatic heterocycles. The fraction of sp³-hybridized carbons (Fsp3) is 0.500. The van der Waals surface area contributed by atoms with Gasteiger partial charge in [0.2, 0.25) is 0 Å². The molecule has 20 heavy (non-hydrogen) atoms. The van der Waals surface area contributed by atoms with Crippen LogP contribution < -0.4 is 16.4 Å². The molecule has 1 aliphatic rings. The SMILES string of the molecule is CN(C)CC1CC(O)CN1c1ccc(N)c(C(N)=O)c1. The molecule has 0 saturated carbocycles. The van der Waals surface area contributed by atoms with E-state index < -0.39 is 5.91 Å². The van der Waals surface area contributed by atoms with Crippen molar-refractivity contribution >= 4 is 17.3 Å². The summed E-state index contributed by atoms with van der Waals surface area (Å²) < 4.78 is 0. The van der Waals surface area contributed by atoms with E-state index in [0.717, 1.165) is 12.2 Å². The summed E-state index contributed by atoms with van der Waals surface area (Å²) in [6, 6.07) is 5.47. The molecular weight excluding hydrogens is 256 g/mol. The number of primary amides is 1. The number of β-amino-alcohol motifs (C(OH)–C–C–N with tert-alkyl or cyclic N) is 1. The number of carbonyl (C=O) groups is 1. The average molecular weight is 278 g/mol. The maximum absolute atomic E-state index is 11.4. The highest BCUT2D eigenvalue weighted by Gasteiger charge is 2.31. The topological polar surface area (TPSA) is 95.8 Å². The number of hydrogen-bond acceptors (Lipinski definition) is 5. The number of anilines is 2. The maximum Gasteiger partial charge on any atom is 0.250 e. The van der Waals surface area contributed by atoms with E-state index in [2.05, 4.69) is 9.80 Å². The van der Waals surface area contributed by atoms with Crippen molar-refractivity contribution in [1.82, 2.24) is 4.90 Å². The molecule has 2 unspecified atom stereocenters. The van der Waals surface area contributed by atoms with Crippen LogP contribution in [0.25, 0.3) is 0 Å². The van der Waals surface area contributed by atoms with Gasteiger partial charge in [0, 0.05) is 30.5 Å². The molecule has 2 atom stereocenters. The molecule has 1 aliphatic heterocycles. The van der Waals surface area contributed by atoms with Crippen LogP contribution in [0, 0.1) is 0 Å². The Kier molecular flexibility index (Phi) is 4.15. The summed E-state index contributed by atoms with van der Waals surface area (Å²) in [7, 11) is 4.00. The zero-order valence-corrected chi connectivity index (χ0v) is 11.9. The van der Waals surface area contributed by atoms with Crippen LogP contribution in [0.1, 0.15) is 16.8 Å². The maximum atomic E-state index is 11.4. The number of benzene rings is 1. The molecule has 0 aliphatic carbocycles. The minimum absolute atomic E-state index is 0.212. The normalized spacial score (nSPS) is 22.5. The monoisotopic (exact) mass is 278 g/mol. The number of nitrogens with zero attached hydrogens (tertiary/aromatic N) is 2. The smallest absolute Gasteiger partial charge is 0.250 e. The minimum Gasteiger partial charge on any atom is -0.398 e. The highest BCUT2D eigenvalue weighted by atomic mass is 16.3. The molecule has 0 spiro atoms. The summed E-state index contributed by atoms with van der Waals surface area (Å²) in [6.45, 7) is 1.40. The number of rotatable bonds is 4. The van der Waals surface area contributed by atoms with Gasteiger partial charge in [-0.3, -0.25) is 4.79 Å². The number of amides is 1. The highest BCUT2D eigenvalue weighted by Crippen LogP contribution is 2.28. The first-order valence-electron chi connectivity index (χ1n) is 6.67. The number of aliphatic hydroxyl groups excluding tert-OH is 1. The minimum atomic E-state index is -0.534. The molecule has 110 valence electrons. The van der Waals surface area contributed by atoms with Crippen molar-refractivity contribution in [3.05, 3.63) is 23.8 Å². The lowest BCUT2D eigenvalue weighted by molar-refractivity contribution is 0.100. The lowest BCUT2D eigenvalue weighted by Gasteiger charge is -2.29. The Morgan fingerprint density at radius 1 is 1.50 bits per heavy atom. The largest absolute Gasteiger partial charge is 0.398 e. The molecule has 6 nitrogen and oxygen atoms in total. The van der Waals surface area contributed by atoms with E-state index >= 15 is 0 Å². The van der Waals surface area contributed by atoms with Crippen LogP contribution in [-0.4, -0.2) is 55.2 Å². The standard InChI is InChI=1S/C14H22N4O2/c1-17(2)7-10-5-11(19)8-18(10)9-3-4-13(15)12(6-9)14(16)20/h3-4,6,10-11,19H,5,7-8,15H2,1-2H3,(H2,16,20). The third-order valence-electron chi connectivity index (χ3n) is 3.60. The van der Waals surface area contributed by atoms with Crippen molar-refractivity contribution in [2.75, 3.05) is 37.8 Å². The van der Waals surface area contributed by atoms with E-state index in [4.69, 9.17) is 11.5 Å². The van der Waals surface area contributed by atoms with E-state index in [1.54, 1.807) is 12.1 Å². The van der Waals surface area contributed by atoms with Crippen LogP contribution in [-0.2, 0) is 0 Å². The average Bonchev–Trinajstić information content (AvgIpc) is 2.69. The van der Waals surface area contributed by atoms with Gasteiger partial charge in [0.25, 0.3) is 5.91 Å². The highest BCUT2D eigenvalue weighted by molar-refractivity contribution is 5.99. The first kappa shape index (κ1) is 14.6. The van der Waals surface area contributed by atoms with E-state index in [1.807, 2.05) is 20.2 Å². The van der Waals surface area contributed by atoms with Crippen LogP contribution in [0.2, 0.25) is 0 Å². The fourth-order valence-corrected chi connectivity index (χ4v) is 2.74. The summed E-state index contributed by atoms with van der Waals surface area (Å²) in [4.78, 5) is 15.6. The van der Waals surface area contributed by atoms with Gasteiger partial charge in [-0.1, -0.05) is 0 Å². The zero-order chi connectivity index (χ0) is 14.9. The summed E-state index contributed by atoms with van der Waals surface area (Å²) in [5.74, 6) is -0.534. The van der Waals surface area contributed by atoms with Crippen LogP contribution in [0.5, 0.6) is 0 Å². The van der Waals surface area contributed by atoms with Crippen LogP contribution in [0.15, 0.2) is 18.2 Å². The number of aliphatic hydroxyl groups is 1. The molecule has 0 bridgehead atoms. The van der Waals surface area contributed by atoms with Gasteiger partial charge in [-0.05, 0) is 38.7 Å².